The fourth-order valence-electron chi connectivity index (χ4n) is 3.81. The quantitative estimate of drug-likeness (QED) is 0.867. The zero-order valence-corrected chi connectivity index (χ0v) is 14.0. The summed E-state index contributed by atoms with van der Waals surface area (Å²) in [4.78, 5) is 14.1. The second kappa shape index (κ2) is 5.06. The molecule has 1 saturated carbocycles. The molecule has 0 bridgehead atoms. The van der Waals surface area contributed by atoms with Gasteiger partial charge < -0.3 is 11.1 Å². The van der Waals surface area contributed by atoms with Crippen molar-refractivity contribution in [1.29, 1.82) is 0 Å². The van der Waals surface area contributed by atoms with Crippen molar-refractivity contribution in [2.75, 3.05) is 5.73 Å². The number of thiophene rings is 1. The number of hydrogen-bond donors (Lipinski definition) is 2. The van der Waals surface area contributed by atoms with E-state index in [9.17, 15) is 4.79 Å². The molecule has 0 aromatic carbocycles. The Morgan fingerprint density at radius 2 is 1.85 bits per heavy atom. The SMILES string of the molecule is Cc1sc(C(=O)NC2CC(C)(C)CC(C)(C)C2)cc1N. The molecule has 20 heavy (non-hydrogen) atoms. The van der Waals surface area contributed by atoms with Gasteiger partial charge in [-0.15, -0.1) is 11.3 Å². The number of nitrogen functional groups attached to an aromatic ring is 1. The van der Waals surface area contributed by atoms with E-state index in [1.807, 2.05) is 6.92 Å². The van der Waals surface area contributed by atoms with Gasteiger partial charge in [-0.25, -0.2) is 0 Å². The summed E-state index contributed by atoms with van der Waals surface area (Å²) >= 11 is 1.47. The highest BCUT2D eigenvalue weighted by Gasteiger charge is 2.39. The molecule has 0 aliphatic heterocycles. The summed E-state index contributed by atoms with van der Waals surface area (Å²) < 4.78 is 0. The van der Waals surface area contributed by atoms with Crippen molar-refractivity contribution in [3.05, 3.63) is 15.8 Å². The molecule has 4 heteroatoms. The predicted octanol–water partition coefficient (Wildman–Crippen LogP) is 3.97. The second-order valence-electron chi connectivity index (χ2n) is 7.71. The second-order valence-corrected chi connectivity index (χ2v) is 8.96. The van der Waals surface area contributed by atoms with Crippen LogP contribution in [-0.4, -0.2) is 11.9 Å². The molecule has 1 amide bonds. The molecule has 1 fully saturated rings. The first-order valence-electron chi connectivity index (χ1n) is 7.25. The zero-order valence-electron chi connectivity index (χ0n) is 13.2. The lowest BCUT2D eigenvalue weighted by molar-refractivity contribution is 0.0716. The molecule has 3 N–H and O–H groups in total. The molecule has 1 heterocycles. The van der Waals surface area contributed by atoms with Crippen molar-refractivity contribution in [2.45, 2.75) is 59.9 Å². The molecule has 0 saturated heterocycles. The molecule has 0 unspecified atom stereocenters. The molecular formula is C16H26N2OS. The van der Waals surface area contributed by atoms with Gasteiger partial charge in [0.15, 0.2) is 0 Å². The summed E-state index contributed by atoms with van der Waals surface area (Å²) in [6.07, 6.45) is 3.29. The van der Waals surface area contributed by atoms with Gasteiger partial charge >= 0.3 is 0 Å². The van der Waals surface area contributed by atoms with Crippen LogP contribution in [0.25, 0.3) is 0 Å². The molecule has 1 aromatic heterocycles. The molecule has 112 valence electrons. The lowest BCUT2D eigenvalue weighted by Crippen LogP contribution is -2.45. The fraction of sp³-hybridized carbons (Fsp3) is 0.688. The van der Waals surface area contributed by atoms with E-state index < -0.39 is 0 Å². The monoisotopic (exact) mass is 294 g/mol. The Morgan fingerprint density at radius 3 is 2.30 bits per heavy atom. The summed E-state index contributed by atoms with van der Waals surface area (Å²) in [5.41, 5.74) is 7.10. The van der Waals surface area contributed by atoms with Crippen LogP contribution in [0.4, 0.5) is 5.69 Å². The van der Waals surface area contributed by atoms with E-state index in [2.05, 4.69) is 33.0 Å². The first-order chi connectivity index (χ1) is 9.08. The molecule has 1 aromatic rings. The number of nitrogens with one attached hydrogen (secondary N) is 1. The minimum absolute atomic E-state index is 0.0216. The van der Waals surface area contributed by atoms with Gasteiger partial charge in [0.05, 0.1) is 4.88 Å². The van der Waals surface area contributed by atoms with Crippen molar-refractivity contribution in [3.8, 4) is 0 Å². The van der Waals surface area contributed by atoms with E-state index in [0.29, 0.717) is 5.69 Å². The topological polar surface area (TPSA) is 55.1 Å². The zero-order chi connectivity index (χ0) is 15.1. The Balaban J connectivity index is 2.07. The van der Waals surface area contributed by atoms with Crippen molar-refractivity contribution >= 4 is 22.9 Å². The average Bonchev–Trinajstić information content (AvgIpc) is 2.54. The van der Waals surface area contributed by atoms with Crippen LogP contribution in [0, 0.1) is 17.8 Å². The summed E-state index contributed by atoms with van der Waals surface area (Å²) in [6.45, 7) is 11.1. The van der Waals surface area contributed by atoms with E-state index in [1.54, 1.807) is 6.07 Å². The van der Waals surface area contributed by atoms with Crippen molar-refractivity contribution in [1.82, 2.24) is 5.32 Å². The minimum atomic E-state index is 0.0216. The van der Waals surface area contributed by atoms with Gasteiger partial charge in [-0.05, 0) is 43.1 Å². The number of hydrogen-bond acceptors (Lipinski definition) is 3. The number of anilines is 1. The molecule has 2 rings (SSSR count). The largest absolute Gasteiger partial charge is 0.398 e. The Kier molecular flexibility index (Phi) is 3.89. The van der Waals surface area contributed by atoms with Crippen LogP contribution in [0.5, 0.6) is 0 Å². The lowest BCUT2D eigenvalue weighted by atomic mass is 9.63. The minimum Gasteiger partial charge on any atom is -0.398 e. The van der Waals surface area contributed by atoms with Gasteiger partial charge in [0.2, 0.25) is 0 Å². The normalized spacial score (nSPS) is 21.6. The van der Waals surface area contributed by atoms with E-state index in [1.165, 1.54) is 17.8 Å². The van der Waals surface area contributed by atoms with Crippen LogP contribution in [0.15, 0.2) is 6.07 Å². The third-order valence-electron chi connectivity index (χ3n) is 4.07. The fourth-order valence-corrected chi connectivity index (χ4v) is 4.66. The van der Waals surface area contributed by atoms with Crippen LogP contribution in [0.3, 0.4) is 0 Å². The molecule has 0 atom stereocenters. The summed E-state index contributed by atoms with van der Waals surface area (Å²) in [5.74, 6) is 0.0216. The van der Waals surface area contributed by atoms with E-state index in [0.717, 1.165) is 22.6 Å². The predicted molar refractivity (Wildman–Crippen MR) is 86.1 cm³/mol. The maximum atomic E-state index is 12.3. The maximum absolute atomic E-state index is 12.3. The Labute approximate surface area is 125 Å². The highest BCUT2D eigenvalue weighted by Crippen LogP contribution is 2.45. The molecule has 1 aliphatic carbocycles. The maximum Gasteiger partial charge on any atom is 0.261 e. The number of nitrogens with two attached hydrogens (primary N) is 1. The molecule has 3 nitrogen and oxygen atoms in total. The van der Waals surface area contributed by atoms with E-state index in [4.69, 9.17) is 5.73 Å². The number of rotatable bonds is 2. The number of carbonyl (C=O) groups is 1. The van der Waals surface area contributed by atoms with Crippen molar-refractivity contribution < 1.29 is 4.79 Å². The number of carbonyl (C=O) groups excluding carboxylic acids is 1. The summed E-state index contributed by atoms with van der Waals surface area (Å²) in [5, 5.41) is 3.20. The van der Waals surface area contributed by atoms with Crippen LogP contribution < -0.4 is 11.1 Å². The molecule has 0 spiro atoms. The first-order valence-corrected chi connectivity index (χ1v) is 8.06. The van der Waals surface area contributed by atoms with Crippen LogP contribution in [0.1, 0.15) is 61.5 Å². The van der Waals surface area contributed by atoms with Crippen LogP contribution in [-0.2, 0) is 0 Å². The van der Waals surface area contributed by atoms with Gasteiger partial charge in [0, 0.05) is 16.6 Å². The average molecular weight is 294 g/mol. The molecule has 1 aliphatic rings. The Bertz CT molecular complexity index is 481. The summed E-state index contributed by atoms with van der Waals surface area (Å²) in [6, 6.07) is 2.04. The van der Waals surface area contributed by atoms with E-state index in [-0.39, 0.29) is 22.8 Å². The smallest absolute Gasteiger partial charge is 0.261 e. The summed E-state index contributed by atoms with van der Waals surface area (Å²) in [7, 11) is 0. The Hall–Kier alpha value is -1.03. The van der Waals surface area contributed by atoms with Gasteiger partial charge in [0.25, 0.3) is 5.91 Å². The third kappa shape index (κ3) is 3.54. The van der Waals surface area contributed by atoms with Crippen molar-refractivity contribution in [3.63, 3.8) is 0 Å². The van der Waals surface area contributed by atoms with Crippen LogP contribution >= 0.6 is 11.3 Å². The first kappa shape index (κ1) is 15.4. The molecule has 0 radical (unpaired) electrons. The highest BCUT2D eigenvalue weighted by molar-refractivity contribution is 7.14. The van der Waals surface area contributed by atoms with Gasteiger partial charge in [0.1, 0.15) is 0 Å². The number of amides is 1. The van der Waals surface area contributed by atoms with Crippen LogP contribution in [0.2, 0.25) is 0 Å². The van der Waals surface area contributed by atoms with E-state index >= 15 is 0 Å². The highest BCUT2D eigenvalue weighted by atomic mass is 32.1. The van der Waals surface area contributed by atoms with Gasteiger partial charge in [-0.1, -0.05) is 27.7 Å². The van der Waals surface area contributed by atoms with Crippen molar-refractivity contribution in [2.24, 2.45) is 10.8 Å². The number of aryl methyl sites for hydroxylation is 1. The third-order valence-corrected chi connectivity index (χ3v) is 5.14. The molecular weight excluding hydrogens is 268 g/mol. The standard InChI is InChI=1S/C16H26N2OS/c1-10-12(17)6-13(20-10)14(19)18-11-7-15(2,3)9-16(4,5)8-11/h6,11H,7-9,17H2,1-5H3,(H,18,19). The lowest BCUT2D eigenvalue weighted by Gasteiger charge is -2.45. The Morgan fingerprint density at radius 1 is 1.30 bits per heavy atom. The van der Waals surface area contributed by atoms with Gasteiger partial charge in [-0.2, -0.15) is 0 Å². The van der Waals surface area contributed by atoms with Gasteiger partial charge in [-0.3, -0.25) is 4.79 Å².